The molecule has 0 saturated carbocycles. The van der Waals surface area contributed by atoms with E-state index in [2.05, 4.69) is 15.3 Å². The average Bonchev–Trinajstić information content (AvgIpc) is 2.62. The summed E-state index contributed by atoms with van der Waals surface area (Å²) in [6.45, 7) is 2.02. The van der Waals surface area contributed by atoms with Crippen LogP contribution in [0.4, 0.5) is 5.69 Å². The van der Waals surface area contributed by atoms with E-state index in [9.17, 15) is 0 Å². The van der Waals surface area contributed by atoms with Crippen LogP contribution in [0.3, 0.4) is 0 Å². The number of aryl methyl sites for hydroxylation is 1. The number of amidine groups is 1. The first-order chi connectivity index (χ1) is 7.72. The van der Waals surface area contributed by atoms with Crippen molar-refractivity contribution in [2.24, 2.45) is 4.99 Å². The third-order valence-corrected chi connectivity index (χ3v) is 2.48. The first-order valence-corrected chi connectivity index (χ1v) is 5.10. The van der Waals surface area contributed by atoms with E-state index in [1.165, 1.54) is 0 Å². The summed E-state index contributed by atoms with van der Waals surface area (Å²) in [7, 11) is 0. The van der Waals surface area contributed by atoms with E-state index in [4.69, 9.17) is 17.9 Å². The minimum absolute atomic E-state index is 0. The summed E-state index contributed by atoms with van der Waals surface area (Å²) in [5, 5.41) is 12.0. The molecule has 2 N–H and O–H groups in total. The van der Waals surface area contributed by atoms with Gasteiger partial charge in [0.25, 0.3) is 0 Å². The zero-order valence-corrected chi connectivity index (χ0v) is 12.4. The minimum Gasteiger partial charge on any atom is -0.742 e. The number of hydrogen-bond acceptors (Lipinski definition) is 3. The molecule has 6 heteroatoms. The molecule has 0 unspecified atom stereocenters. The van der Waals surface area contributed by atoms with E-state index in [-0.39, 0.29) is 34.7 Å². The van der Waals surface area contributed by atoms with Gasteiger partial charge in [-0.05, 0) is 23.7 Å². The minimum atomic E-state index is 0. The van der Waals surface area contributed by atoms with E-state index >= 15 is 0 Å². The average molecular weight is 252 g/mol. The van der Waals surface area contributed by atoms with Crippen LogP contribution >= 0.6 is 0 Å². The van der Waals surface area contributed by atoms with Gasteiger partial charge < -0.3 is 22.9 Å². The second-order valence-electron chi connectivity index (χ2n) is 3.33. The molecule has 4 nitrogen and oxygen atoms in total. The summed E-state index contributed by atoms with van der Waals surface area (Å²) in [4.78, 5) is 7.30. The second-order valence-corrected chi connectivity index (χ2v) is 3.71. The van der Waals surface area contributed by atoms with Gasteiger partial charge in [-0.2, -0.15) is 5.26 Å². The zero-order chi connectivity index (χ0) is 11.5. The van der Waals surface area contributed by atoms with Crippen LogP contribution in [0.25, 0.3) is 10.9 Å². The number of H-pyrrole nitrogens is 1. The molecule has 2 aromatic rings. The molecule has 0 bridgehead atoms. The van der Waals surface area contributed by atoms with Crippen molar-refractivity contribution in [2.45, 2.75) is 6.92 Å². The van der Waals surface area contributed by atoms with Crippen LogP contribution in [0, 0.1) is 18.4 Å². The molecule has 0 spiro atoms. The Morgan fingerprint density at radius 1 is 1.53 bits per heavy atom. The molecule has 1 heterocycles. The van der Waals surface area contributed by atoms with Gasteiger partial charge in [0.05, 0.1) is 11.2 Å². The molecule has 17 heavy (non-hydrogen) atoms. The molecule has 0 aliphatic heterocycles. The van der Waals surface area contributed by atoms with Crippen LogP contribution in [0.5, 0.6) is 0 Å². The van der Waals surface area contributed by atoms with Crippen molar-refractivity contribution in [3.8, 4) is 6.19 Å². The smallest absolute Gasteiger partial charge is 0.742 e. The number of aromatic nitrogens is 1. The van der Waals surface area contributed by atoms with Crippen molar-refractivity contribution in [3.63, 3.8) is 0 Å². The van der Waals surface area contributed by atoms with Crippen molar-refractivity contribution in [2.75, 3.05) is 0 Å². The van der Waals surface area contributed by atoms with E-state index in [0.29, 0.717) is 0 Å². The number of aliphatic imine (C=N–C) groups is 1. The monoisotopic (exact) mass is 252 g/mol. The zero-order valence-electron chi connectivity index (χ0n) is 9.61. The van der Waals surface area contributed by atoms with Crippen LogP contribution in [-0.4, -0.2) is 10.2 Å². The summed E-state index contributed by atoms with van der Waals surface area (Å²) in [6.07, 6.45) is 3.67. The number of rotatable bonds is 1. The van der Waals surface area contributed by atoms with E-state index in [0.717, 1.165) is 22.2 Å². The molecule has 80 valence electrons. The maximum absolute atomic E-state index is 8.42. The SMILES string of the molecule is Cc1c[nH]c2c(N=C([S-])NC#N)cccc12.[Na+]. The molecule has 1 aromatic carbocycles. The first kappa shape index (κ1) is 14.0. The van der Waals surface area contributed by atoms with Gasteiger partial charge >= 0.3 is 29.6 Å². The predicted octanol–water partition coefficient (Wildman–Crippen LogP) is -0.915. The number of nitrogens with one attached hydrogen (secondary N) is 2. The Morgan fingerprint density at radius 3 is 3.00 bits per heavy atom. The van der Waals surface area contributed by atoms with Crippen molar-refractivity contribution in [1.29, 1.82) is 5.26 Å². The number of nitriles is 1. The molecule has 0 atom stereocenters. The van der Waals surface area contributed by atoms with Crippen molar-refractivity contribution in [1.82, 2.24) is 10.3 Å². The van der Waals surface area contributed by atoms with Gasteiger partial charge in [0, 0.05) is 11.6 Å². The number of benzene rings is 1. The van der Waals surface area contributed by atoms with Gasteiger partial charge in [-0.1, -0.05) is 12.1 Å². The molecule has 0 aliphatic carbocycles. The van der Waals surface area contributed by atoms with Crippen LogP contribution in [-0.2, 0) is 12.6 Å². The molecular weight excluding hydrogens is 243 g/mol. The number of para-hydroxylation sites is 1. The van der Waals surface area contributed by atoms with Crippen LogP contribution in [0.2, 0.25) is 0 Å². The molecule has 2 rings (SSSR count). The van der Waals surface area contributed by atoms with Gasteiger partial charge in [-0.3, -0.25) is 4.99 Å². The number of fused-ring (bicyclic) bond motifs is 1. The maximum atomic E-state index is 8.42. The Balaban J connectivity index is 0.00000144. The fourth-order valence-corrected chi connectivity index (χ4v) is 1.70. The first-order valence-electron chi connectivity index (χ1n) is 4.70. The second kappa shape index (κ2) is 6.03. The fourth-order valence-electron chi connectivity index (χ4n) is 1.56. The van der Waals surface area contributed by atoms with E-state index in [1.54, 1.807) is 6.19 Å². The van der Waals surface area contributed by atoms with E-state index in [1.807, 2.05) is 31.3 Å². The standard InChI is InChI=1S/C11H10N4S.Na/c1-7-5-13-10-8(7)3-2-4-9(10)15-11(16)14-6-12;/h2-5,13H,1H3,(H2,14,15,16);/q;+1/p-1. The van der Waals surface area contributed by atoms with Gasteiger partial charge in [-0.25, -0.2) is 0 Å². The quantitative estimate of drug-likeness (QED) is 0.172. The normalized spacial score (nSPS) is 10.7. The Labute approximate surface area is 127 Å². The molecule has 0 radical (unpaired) electrons. The number of nitrogens with zero attached hydrogens (tertiary/aromatic N) is 2. The molecule has 0 saturated heterocycles. The predicted molar refractivity (Wildman–Crippen MR) is 66.2 cm³/mol. The molecule has 0 aliphatic rings. The van der Waals surface area contributed by atoms with Gasteiger partial charge in [0.1, 0.15) is 0 Å². The van der Waals surface area contributed by atoms with Gasteiger partial charge in [0.15, 0.2) is 6.19 Å². The third-order valence-electron chi connectivity index (χ3n) is 2.29. The fraction of sp³-hybridized carbons (Fsp3) is 0.0909. The van der Waals surface area contributed by atoms with Crippen LogP contribution in [0.15, 0.2) is 29.4 Å². The number of aromatic amines is 1. The summed E-state index contributed by atoms with van der Waals surface area (Å²) in [6, 6.07) is 5.78. The molecule has 0 amide bonds. The van der Waals surface area contributed by atoms with E-state index < -0.39 is 0 Å². The number of hydrogen-bond donors (Lipinski definition) is 2. The van der Waals surface area contributed by atoms with Gasteiger partial charge in [0.2, 0.25) is 0 Å². The Morgan fingerprint density at radius 2 is 2.29 bits per heavy atom. The molecule has 0 fully saturated rings. The Kier molecular flexibility index (Phi) is 4.97. The largest absolute Gasteiger partial charge is 1.00 e. The topological polar surface area (TPSA) is 64.0 Å². The Hall–Kier alpha value is -1.06. The Bertz CT molecular complexity index is 597. The summed E-state index contributed by atoms with van der Waals surface area (Å²) >= 11 is 4.89. The maximum Gasteiger partial charge on any atom is 1.00 e. The van der Waals surface area contributed by atoms with Crippen LogP contribution < -0.4 is 34.9 Å². The summed E-state index contributed by atoms with van der Waals surface area (Å²) in [5.74, 6) is 0. The van der Waals surface area contributed by atoms with Crippen molar-refractivity contribution < 1.29 is 29.6 Å². The van der Waals surface area contributed by atoms with Crippen LogP contribution in [0.1, 0.15) is 5.56 Å². The van der Waals surface area contributed by atoms with Crippen molar-refractivity contribution in [3.05, 3.63) is 30.0 Å². The molecule has 1 aromatic heterocycles. The molecular formula is C11H9N4NaS. The van der Waals surface area contributed by atoms with Gasteiger partial charge in [-0.15, -0.1) is 0 Å². The third kappa shape index (κ3) is 2.99. The van der Waals surface area contributed by atoms with Crippen molar-refractivity contribution >= 4 is 34.4 Å². The summed E-state index contributed by atoms with van der Waals surface area (Å²) in [5.41, 5.74) is 2.83. The summed E-state index contributed by atoms with van der Waals surface area (Å²) < 4.78 is 0.